The molecule has 1 rings (SSSR count). The average molecular weight is 215 g/mol. The van der Waals surface area contributed by atoms with Gasteiger partial charge in [-0.25, -0.2) is 0 Å². The van der Waals surface area contributed by atoms with Gasteiger partial charge >= 0.3 is 0 Å². The molecular formula is C11H21NO3. The van der Waals surface area contributed by atoms with Gasteiger partial charge in [-0.2, -0.15) is 0 Å². The van der Waals surface area contributed by atoms with Crippen LogP contribution in [-0.4, -0.2) is 48.3 Å². The predicted molar refractivity (Wildman–Crippen MR) is 57.5 cm³/mol. The number of hydrogen-bond donors (Lipinski definition) is 1. The Balaban J connectivity index is 2.27. The number of carbonyl (C=O) groups excluding carboxylic acids is 1. The van der Waals surface area contributed by atoms with Gasteiger partial charge in [0.25, 0.3) is 5.91 Å². The summed E-state index contributed by atoms with van der Waals surface area (Å²) in [5.74, 6) is 0.653. The number of ether oxygens (including phenoxy) is 1. The first-order valence-corrected chi connectivity index (χ1v) is 5.70. The number of carbonyl (C=O) groups is 1. The summed E-state index contributed by atoms with van der Waals surface area (Å²) < 4.78 is 5.48. The van der Waals surface area contributed by atoms with Crippen LogP contribution in [0.1, 0.15) is 26.7 Å². The zero-order chi connectivity index (χ0) is 11.3. The molecule has 0 aliphatic heterocycles. The third-order valence-electron chi connectivity index (χ3n) is 2.69. The van der Waals surface area contributed by atoms with Crippen molar-refractivity contribution < 1.29 is 14.6 Å². The van der Waals surface area contributed by atoms with Gasteiger partial charge in [0.15, 0.2) is 0 Å². The summed E-state index contributed by atoms with van der Waals surface area (Å²) in [5, 5.41) is 8.79. The highest BCUT2D eigenvalue weighted by Gasteiger charge is 2.25. The highest BCUT2D eigenvalue weighted by molar-refractivity contribution is 5.80. The van der Waals surface area contributed by atoms with E-state index in [-0.39, 0.29) is 18.6 Å². The Morgan fingerprint density at radius 3 is 2.73 bits per heavy atom. The maximum atomic E-state index is 11.8. The molecule has 4 heteroatoms. The maximum Gasteiger partial charge on any atom is 0.251 e. The number of nitrogens with zero attached hydrogens (tertiary/aromatic N) is 1. The van der Waals surface area contributed by atoms with Gasteiger partial charge in [-0.3, -0.25) is 4.79 Å². The molecule has 88 valence electrons. The molecule has 15 heavy (non-hydrogen) atoms. The van der Waals surface area contributed by atoms with Crippen molar-refractivity contribution in [1.82, 2.24) is 4.90 Å². The van der Waals surface area contributed by atoms with Crippen LogP contribution in [0.25, 0.3) is 0 Å². The maximum absolute atomic E-state index is 11.8. The lowest BCUT2D eigenvalue weighted by atomic mass is 10.3. The van der Waals surface area contributed by atoms with Crippen LogP contribution in [0.3, 0.4) is 0 Å². The van der Waals surface area contributed by atoms with E-state index in [9.17, 15) is 4.79 Å². The van der Waals surface area contributed by atoms with E-state index in [2.05, 4.69) is 0 Å². The number of aliphatic hydroxyl groups is 1. The molecule has 0 spiro atoms. The molecule has 1 amide bonds. The minimum Gasteiger partial charge on any atom is -0.395 e. The normalized spacial score (nSPS) is 17.5. The van der Waals surface area contributed by atoms with Gasteiger partial charge in [0, 0.05) is 13.1 Å². The van der Waals surface area contributed by atoms with Gasteiger partial charge in [0.2, 0.25) is 0 Å². The molecule has 0 heterocycles. The Labute approximate surface area is 91.2 Å². The van der Waals surface area contributed by atoms with Crippen LogP contribution in [0.4, 0.5) is 0 Å². The molecular weight excluding hydrogens is 194 g/mol. The van der Waals surface area contributed by atoms with Crippen molar-refractivity contribution in [2.75, 3.05) is 26.3 Å². The van der Waals surface area contributed by atoms with Gasteiger partial charge in [0.05, 0.1) is 13.2 Å². The summed E-state index contributed by atoms with van der Waals surface area (Å²) in [5.41, 5.74) is 0. The first kappa shape index (κ1) is 12.5. The zero-order valence-corrected chi connectivity index (χ0v) is 9.61. The SMILES string of the molecule is CCN(CCO)C(=O)C(C)OCC1CC1. The van der Waals surface area contributed by atoms with Crippen LogP contribution < -0.4 is 0 Å². The second-order valence-corrected chi connectivity index (χ2v) is 4.06. The van der Waals surface area contributed by atoms with Crippen molar-refractivity contribution in [3.8, 4) is 0 Å². The molecule has 1 saturated carbocycles. The van der Waals surface area contributed by atoms with Crippen molar-refractivity contribution in [3.05, 3.63) is 0 Å². The van der Waals surface area contributed by atoms with Gasteiger partial charge < -0.3 is 14.7 Å². The Morgan fingerprint density at radius 1 is 1.60 bits per heavy atom. The molecule has 4 nitrogen and oxygen atoms in total. The van der Waals surface area contributed by atoms with Crippen molar-refractivity contribution in [1.29, 1.82) is 0 Å². The summed E-state index contributed by atoms with van der Waals surface area (Å²) in [6, 6.07) is 0. The van der Waals surface area contributed by atoms with E-state index in [1.54, 1.807) is 11.8 Å². The van der Waals surface area contributed by atoms with E-state index >= 15 is 0 Å². The summed E-state index contributed by atoms with van der Waals surface area (Å²) in [6.07, 6.45) is 2.08. The Hall–Kier alpha value is -0.610. The predicted octanol–water partition coefficient (Wildman–Crippen LogP) is 0.642. The van der Waals surface area contributed by atoms with Crippen LogP contribution in [-0.2, 0) is 9.53 Å². The highest BCUT2D eigenvalue weighted by atomic mass is 16.5. The third-order valence-corrected chi connectivity index (χ3v) is 2.69. The number of amides is 1. The monoisotopic (exact) mass is 215 g/mol. The number of likely N-dealkylation sites (N-methyl/N-ethyl adjacent to an activating group) is 1. The molecule has 0 bridgehead atoms. The number of aliphatic hydroxyl groups excluding tert-OH is 1. The molecule has 0 radical (unpaired) electrons. The minimum absolute atomic E-state index is 0.00885. The Bertz CT molecular complexity index is 204. The summed E-state index contributed by atoms with van der Waals surface area (Å²) >= 11 is 0. The summed E-state index contributed by atoms with van der Waals surface area (Å²) in [7, 11) is 0. The second kappa shape index (κ2) is 6.08. The van der Waals surface area contributed by atoms with Crippen LogP contribution in [0.2, 0.25) is 0 Å². The molecule has 0 aromatic rings. The van der Waals surface area contributed by atoms with Gasteiger partial charge in [-0.15, -0.1) is 0 Å². The van der Waals surface area contributed by atoms with E-state index in [1.165, 1.54) is 12.8 Å². The Kier molecular flexibility index (Phi) is 5.05. The lowest BCUT2D eigenvalue weighted by molar-refractivity contribution is -0.143. The Morgan fingerprint density at radius 2 is 2.27 bits per heavy atom. The van der Waals surface area contributed by atoms with Crippen LogP contribution in [0.5, 0.6) is 0 Å². The van der Waals surface area contributed by atoms with Gasteiger partial charge in [-0.1, -0.05) is 0 Å². The molecule has 1 fully saturated rings. The van der Waals surface area contributed by atoms with Crippen molar-refractivity contribution in [2.24, 2.45) is 5.92 Å². The fraction of sp³-hybridized carbons (Fsp3) is 0.909. The fourth-order valence-electron chi connectivity index (χ4n) is 1.44. The third kappa shape index (κ3) is 4.18. The molecule has 1 N–H and O–H groups in total. The topological polar surface area (TPSA) is 49.8 Å². The van der Waals surface area contributed by atoms with Crippen LogP contribution >= 0.6 is 0 Å². The molecule has 1 aliphatic rings. The largest absolute Gasteiger partial charge is 0.395 e. The van der Waals surface area contributed by atoms with Crippen molar-refractivity contribution in [3.63, 3.8) is 0 Å². The van der Waals surface area contributed by atoms with Gasteiger partial charge in [-0.05, 0) is 32.6 Å². The molecule has 0 aromatic heterocycles. The van der Waals surface area contributed by atoms with E-state index in [0.717, 1.165) is 0 Å². The van der Waals surface area contributed by atoms with E-state index < -0.39 is 0 Å². The molecule has 1 aliphatic carbocycles. The number of hydrogen-bond acceptors (Lipinski definition) is 3. The highest BCUT2D eigenvalue weighted by Crippen LogP contribution is 2.29. The fourth-order valence-corrected chi connectivity index (χ4v) is 1.44. The second-order valence-electron chi connectivity index (χ2n) is 4.06. The summed E-state index contributed by atoms with van der Waals surface area (Å²) in [4.78, 5) is 13.4. The number of rotatable bonds is 7. The standard InChI is InChI=1S/C11H21NO3/c1-3-12(6-7-13)11(14)9(2)15-8-10-4-5-10/h9-10,13H,3-8H2,1-2H3. The minimum atomic E-state index is -0.378. The van der Waals surface area contributed by atoms with Gasteiger partial charge in [0.1, 0.15) is 6.10 Å². The molecule has 0 aromatic carbocycles. The zero-order valence-electron chi connectivity index (χ0n) is 9.61. The van der Waals surface area contributed by atoms with Crippen LogP contribution in [0.15, 0.2) is 0 Å². The van der Waals surface area contributed by atoms with Crippen molar-refractivity contribution >= 4 is 5.91 Å². The molecule has 1 unspecified atom stereocenters. The lowest BCUT2D eigenvalue weighted by Gasteiger charge is -2.23. The van der Waals surface area contributed by atoms with Crippen molar-refractivity contribution in [2.45, 2.75) is 32.8 Å². The lowest BCUT2D eigenvalue weighted by Crippen LogP contribution is -2.40. The smallest absolute Gasteiger partial charge is 0.251 e. The van der Waals surface area contributed by atoms with E-state index in [4.69, 9.17) is 9.84 Å². The quantitative estimate of drug-likeness (QED) is 0.678. The molecule has 0 saturated heterocycles. The summed E-state index contributed by atoms with van der Waals surface area (Å²) in [6.45, 7) is 5.41. The van der Waals surface area contributed by atoms with E-state index in [0.29, 0.717) is 25.6 Å². The molecule has 1 atom stereocenters. The average Bonchev–Trinajstić information content (AvgIpc) is 3.05. The van der Waals surface area contributed by atoms with E-state index in [1.807, 2.05) is 6.92 Å². The first-order chi connectivity index (χ1) is 7.19. The first-order valence-electron chi connectivity index (χ1n) is 5.70. The van der Waals surface area contributed by atoms with Crippen LogP contribution in [0, 0.1) is 5.92 Å².